The molecule has 0 aliphatic carbocycles. The summed E-state index contributed by atoms with van der Waals surface area (Å²) in [5, 5.41) is 0.0943. The molecule has 1 aliphatic heterocycles. The molecule has 0 spiro atoms. The van der Waals surface area contributed by atoms with Crippen LogP contribution in [0.3, 0.4) is 0 Å². The minimum Gasteiger partial charge on any atom is -0.342 e. The summed E-state index contributed by atoms with van der Waals surface area (Å²) in [5.74, 6) is 0.879. The van der Waals surface area contributed by atoms with Crippen molar-refractivity contribution in [3.05, 3.63) is 0 Å². The van der Waals surface area contributed by atoms with Gasteiger partial charge in [-0.05, 0) is 38.9 Å². The molecular weight excluding hydrogens is 244 g/mol. The van der Waals surface area contributed by atoms with Crippen molar-refractivity contribution < 1.29 is 4.79 Å². The van der Waals surface area contributed by atoms with Crippen LogP contribution in [0.2, 0.25) is 0 Å². The van der Waals surface area contributed by atoms with Crippen LogP contribution in [0.1, 0.15) is 26.7 Å². The summed E-state index contributed by atoms with van der Waals surface area (Å²) in [7, 11) is 0. The minimum absolute atomic E-state index is 0. The predicted octanol–water partition coefficient (Wildman–Crippen LogP) is 1.75. The smallest absolute Gasteiger partial charge is 0.235 e. The van der Waals surface area contributed by atoms with Crippen molar-refractivity contribution in [2.75, 3.05) is 19.3 Å². The summed E-state index contributed by atoms with van der Waals surface area (Å²) in [5.41, 5.74) is 5.87. The number of nitrogens with zero attached hydrogens (tertiary/aromatic N) is 1. The average Bonchev–Trinajstić information content (AvgIpc) is 2.27. The van der Waals surface area contributed by atoms with Gasteiger partial charge in [-0.2, -0.15) is 11.8 Å². The lowest BCUT2D eigenvalue weighted by Crippen LogP contribution is -2.45. The lowest BCUT2D eigenvalue weighted by atomic mass is 9.91. The molecule has 96 valence electrons. The fourth-order valence-electron chi connectivity index (χ4n) is 2.00. The third kappa shape index (κ3) is 4.15. The number of amides is 1. The zero-order valence-corrected chi connectivity index (χ0v) is 11.9. The number of halogens is 1. The van der Waals surface area contributed by atoms with Crippen molar-refractivity contribution in [2.45, 2.75) is 38.0 Å². The summed E-state index contributed by atoms with van der Waals surface area (Å²) in [6.45, 7) is 5.81. The number of likely N-dealkylation sites (tertiary alicyclic amines) is 1. The van der Waals surface area contributed by atoms with Gasteiger partial charge in [-0.25, -0.2) is 0 Å². The lowest BCUT2D eigenvalue weighted by molar-refractivity contribution is -0.131. The topological polar surface area (TPSA) is 46.3 Å². The van der Waals surface area contributed by atoms with Crippen LogP contribution in [0, 0.1) is 5.92 Å². The molecule has 0 aromatic rings. The van der Waals surface area contributed by atoms with Crippen molar-refractivity contribution in [1.29, 1.82) is 0 Å². The first-order valence-corrected chi connectivity index (χ1v) is 6.92. The molecule has 2 unspecified atom stereocenters. The summed E-state index contributed by atoms with van der Waals surface area (Å²) in [6, 6.07) is 0.264. The highest BCUT2D eigenvalue weighted by Gasteiger charge is 2.26. The quantitative estimate of drug-likeness (QED) is 0.847. The molecule has 1 fully saturated rings. The molecule has 0 radical (unpaired) electrons. The predicted molar refractivity (Wildman–Crippen MR) is 73.2 cm³/mol. The summed E-state index contributed by atoms with van der Waals surface area (Å²) >= 11 is 1.62. The highest BCUT2D eigenvalue weighted by atomic mass is 35.5. The first-order valence-electron chi connectivity index (χ1n) is 5.63. The van der Waals surface area contributed by atoms with Crippen molar-refractivity contribution in [3.63, 3.8) is 0 Å². The Kier molecular flexibility index (Phi) is 7.44. The van der Waals surface area contributed by atoms with Gasteiger partial charge in [-0.15, -0.1) is 12.4 Å². The van der Waals surface area contributed by atoms with Gasteiger partial charge < -0.3 is 10.6 Å². The van der Waals surface area contributed by atoms with E-state index in [0.717, 1.165) is 25.9 Å². The summed E-state index contributed by atoms with van der Waals surface area (Å²) in [6.07, 6.45) is 4.10. The molecule has 1 aliphatic rings. The SMILES string of the molecule is CSC(C)C(=O)N1CCC(C(C)N)CC1.Cl. The Hall–Kier alpha value is 0.0700. The number of hydrogen-bond acceptors (Lipinski definition) is 3. The van der Waals surface area contributed by atoms with Gasteiger partial charge >= 0.3 is 0 Å². The van der Waals surface area contributed by atoms with E-state index in [9.17, 15) is 4.79 Å². The maximum absolute atomic E-state index is 11.9. The first kappa shape index (κ1) is 16.1. The highest BCUT2D eigenvalue weighted by Crippen LogP contribution is 2.21. The van der Waals surface area contributed by atoms with Crippen LogP contribution in [0.4, 0.5) is 0 Å². The maximum Gasteiger partial charge on any atom is 0.235 e. The van der Waals surface area contributed by atoms with Crippen LogP contribution in [-0.2, 0) is 4.79 Å². The number of carbonyl (C=O) groups is 1. The lowest BCUT2D eigenvalue weighted by Gasteiger charge is -2.34. The zero-order chi connectivity index (χ0) is 11.4. The Labute approximate surface area is 109 Å². The van der Waals surface area contributed by atoms with Crippen molar-refractivity contribution >= 4 is 30.1 Å². The Morgan fingerprint density at radius 2 is 1.88 bits per heavy atom. The van der Waals surface area contributed by atoms with Crippen LogP contribution in [0.15, 0.2) is 0 Å². The van der Waals surface area contributed by atoms with E-state index >= 15 is 0 Å². The van der Waals surface area contributed by atoms with E-state index in [1.165, 1.54) is 0 Å². The van der Waals surface area contributed by atoms with Gasteiger partial charge in [-0.1, -0.05) is 0 Å². The second-order valence-corrected chi connectivity index (χ2v) is 5.58. The second kappa shape index (κ2) is 7.41. The van der Waals surface area contributed by atoms with Gasteiger partial charge in [0.15, 0.2) is 0 Å². The van der Waals surface area contributed by atoms with Crippen molar-refractivity contribution in [3.8, 4) is 0 Å². The van der Waals surface area contributed by atoms with Crippen LogP contribution in [0.5, 0.6) is 0 Å². The van der Waals surface area contributed by atoms with Crippen molar-refractivity contribution in [1.82, 2.24) is 4.90 Å². The van der Waals surface area contributed by atoms with E-state index in [2.05, 4.69) is 6.92 Å². The van der Waals surface area contributed by atoms with Gasteiger partial charge in [0.1, 0.15) is 0 Å². The molecule has 1 amide bonds. The maximum atomic E-state index is 11.9. The van der Waals surface area contributed by atoms with Crippen LogP contribution >= 0.6 is 24.2 Å². The molecule has 0 bridgehead atoms. The Bertz CT molecular complexity index is 218. The normalized spacial score (nSPS) is 21.1. The van der Waals surface area contributed by atoms with Crippen LogP contribution < -0.4 is 5.73 Å². The van der Waals surface area contributed by atoms with E-state index in [4.69, 9.17) is 5.73 Å². The van der Waals surface area contributed by atoms with E-state index in [1.807, 2.05) is 18.1 Å². The molecule has 0 aromatic heterocycles. The van der Waals surface area contributed by atoms with E-state index in [0.29, 0.717) is 5.92 Å². The number of nitrogens with two attached hydrogens (primary N) is 1. The molecule has 0 saturated carbocycles. The summed E-state index contributed by atoms with van der Waals surface area (Å²) in [4.78, 5) is 13.9. The Balaban J connectivity index is 0.00000225. The fraction of sp³-hybridized carbons (Fsp3) is 0.909. The number of piperidine rings is 1. The largest absolute Gasteiger partial charge is 0.342 e. The fourth-order valence-corrected chi connectivity index (χ4v) is 2.35. The number of rotatable bonds is 3. The molecular formula is C11H23ClN2OS. The van der Waals surface area contributed by atoms with E-state index in [1.54, 1.807) is 11.8 Å². The van der Waals surface area contributed by atoms with Gasteiger partial charge in [0.25, 0.3) is 0 Å². The zero-order valence-electron chi connectivity index (χ0n) is 10.3. The third-order valence-electron chi connectivity index (χ3n) is 3.30. The Morgan fingerprint density at radius 1 is 1.38 bits per heavy atom. The monoisotopic (exact) mass is 266 g/mol. The number of thioether (sulfide) groups is 1. The van der Waals surface area contributed by atoms with Crippen LogP contribution in [-0.4, -0.2) is 41.4 Å². The standard InChI is InChI=1S/C11H22N2OS.ClH/c1-8(12)10-4-6-13(7-5-10)11(14)9(2)15-3;/h8-10H,4-7,12H2,1-3H3;1H. The number of carbonyl (C=O) groups excluding carboxylic acids is 1. The van der Waals surface area contributed by atoms with Gasteiger partial charge in [0, 0.05) is 19.1 Å². The molecule has 5 heteroatoms. The molecule has 16 heavy (non-hydrogen) atoms. The highest BCUT2D eigenvalue weighted by molar-refractivity contribution is 7.99. The molecule has 0 aromatic carbocycles. The van der Waals surface area contributed by atoms with E-state index in [-0.39, 0.29) is 29.6 Å². The molecule has 1 saturated heterocycles. The minimum atomic E-state index is 0. The summed E-state index contributed by atoms with van der Waals surface area (Å²) < 4.78 is 0. The van der Waals surface area contributed by atoms with E-state index < -0.39 is 0 Å². The molecule has 3 nitrogen and oxygen atoms in total. The molecule has 2 atom stereocenters. The van der Waals surface area contributed by atoms with Gasteiger partial charge in [0.05, 0.1) is 5.25 Å². The average molecular weight is 267 g/mol. The number of hydrogen-bond donors (Lipinski definition) is 1. The van der Waals surface area contributed by atoms with Gasteiger partial charge in [-0.3, -0.25) is 4.79 Å². The second-order valence-electron chi connectivity index (χ2n) is 4.40. The third-order valence-corrected chi connectivity index (χ3v) is 4.20. The Morgan fingerprint density at radius 3 is 2.25 bits per heavy atom. The molecule has 2 N–H and O–H groups in total. The van der Waals surface area contributed by atoms with Gasteiger partial charge in [0.2, 0.25) is 5.91 Å². The van der Waals surface area contributed by atoms with Crippen molar-refractivity contribution in [2.24, 2.45) is 11.7 Å². The molecule has 1 rings (SSSR count). The molecule has 1 heterocycles. The first-order chi connectivity index (χ1) is 7.06. The van der Waals surface area contributed by atoms with Crippen LogP contribution in [0.25, 0.3) is 0 Å².